The Balaban J connectivity index is 2.38. The number of nitrogens with one attached hydrogen (secondary N) is 2. The van der Waals surface area contributed by atoms with Gasteiger partial charge in [-0.2, -0.15) is 0 Å². The van der Waals surface area contributed by atoms with Crippen LogP contribution in [0.5, 0.6) is 0 Å². The lowest BCUT2D eigenvalue weighted by Gasteiger charge is -2.14. The molecule has 0 aliphatic rings. The number of hydrogen-bond acceptors (Lipinski definition) is 7. The van der Waals surface area contributed by atoms with Crippen molar-refractivity contribution in [3.8, 4) is 0 Å². The van der Waals surface area contributed by atoms with Gasteiger partial charge in [-0.25, -0.2) is 14.8 Å². The smallest absolute Gasteiger partial charge is 0.345 e. The van der Waals surface area contributed by atoms with Crippen LogP contribution in [0.2, 0.25) is 5.02 Å². The molecule has 0 atom stereocenters. The van der Waals surface area contributed by atoms with E-state index in [1.807, 2.05) is 0 Å². The first-order chi connectivity index (χ1) is 11.2. The van der Waals surface area contributed by atoms with Gasteiger partial charge in [-0.3, -0.25) is 0 Å². The second-order valence-electron chi connectivity index (χ2n) is 4.45. The number of rotatable bonds is 7. The van der Waals surface area contributed by atoms with Crippen LogP contribution in [-0.2, 0) is 4.74 Å². The van der Waals surface area contributed by atoms with Gasteiger partial charge in [0, 0.05) is 17.3 Å². The molecule has 0 bridgehead atoms. The van der Waals surface area contributed by atoms with E-state index in [2.05, 4.69) is 20.6 Å². The van der Waals surface area contributed by atoms with Gasteiger partial charge in [-0.05, 0) is 25.1 Å². The number of aliphatic hydroxyl groups is 1. The molecule has 0 fully saturated rings. The van der Waals surface area contributed by atoms with Crippen molar-refractivity contribution < 1.29 is 14.6 Å². The molecule has 1 heterocycles. The summed E-state index contributed by atoms with van der Waals surface area (Å²) >= 11 is 5.96. The largest absolute Gasteiger partial charge is 0.462 e. The molecule has 0 amide bonds. The van der Waals surface area contributed by atoms with Crippen LogP contribution >= 0.6 is 11.6 Å². The molecule has 0 radical (unpaired) electrons. The number of halogens is 1. The van der Waals surface area contributed by atoms with Crippen molar-refractivity contribution in [3.63, 3.8) is 0 Å². The van der Waals surface area contributed by atoms with Crippen LogP contribution in [0.25, 0.3) is 0 Å². The molecule has 122 valence electrons. The Morgan fingerprint density at radius 2 is 2.13 bits per heavy atom. The maximum atomic E-state index is 12.2. The molecule has 7 nitrogen and oxygen atoms in total. The zero-order valence-corrected chi connectivity index (χ0v) is 13.3. The standard InChI is InChI=1S/C15H17ClN4O3/c1-2-23-15(22)12-13(17-6-7-21)18-9-19-14(12)20-11-5-3-4-10(16)8-11/h3-5,8-9,21H,2,6-7H2,1H3,(H2,17,18,19,20). The summed E-state index contributed by atoms with van der Waals surface area (Å²) in [6.45, 7) is 2.10. The van der Waals surface area contributed by atoms with Gasteiger partial charge in [0.25, 0.3) is 0 Å². The minimum atomic E-state index is -0.557. The summed E-state index contributed by atoms with van der Waals surface area (Å²) in [5.74, 6) is 0.0243. The fraction of sp³-hybridized carbons (Fsp3) is 0.267. The lowest BCUT2D eigenvalue weighted by Crippen LogP contribution is -2.16. The van der Waals surface area contributed by atoms with E-state index in [0.29, 0.717) is 16.5 Å². The molecule has 0 spiro atoms. The Hall–Kier alpha value is -2.38. The topological polar surface area (TPSA) is 96.4 Å². The maximum Gasteiger partial charge on any atom is 0.345 e. The summed E-state index contributed by atoms with van der Waals surface area (Å²) in [7, 11) is 0. The number of carbonyl (C=O) groups excluding carboxylic acids is 1. The summed E-state index contributed by atoms with van der Waals surface area (Å²) in [6.07, 6.45) is 1.31. The number of ether oxygens (including phenoxy) is 1. The van der Waals surface area contributed by atoms with E-state index >= 15 is 0 Å². The number of aromatic nitrogens is 2. The highest BCUT2D eigenvalue weighted by atomic mass is 35.5. The SMILES string of the molecule is CCOC(=O)c1c(NCCO)ncnc1Nc1cccc(Cl)c1. The highest BCUT2D eigenvalue weighted by Crippen LogP contribution is 2.25. The van der Waals surface area contributed by atoms with Gasteiger partial charge < -0.3 is 20.5 Å². The summed E-state index contributed by atoms with van der Waals surface area (Å²) in [5, 5.41) is 15.4. The monoisotopic (exact) mass is 336 g/mol. The predicted octanol–water partition coefficient (Wildman–Crippen LogP) is 2.45. The third-order valence-electron chi connectivity index (χ3n) is 2.82. The first kappa shape index (κ1) is 17.0. The zero-order chi connectivity index (χ0) is 16.7. The second-order valence-corrected chi connectivity index (χ2v) is 4.89. The van der Waals surface area contributed by atoms with Crippen LogP contribution in [0.3, 0.4) is 0 Å². The van der Waals surface area contributed by atoms with Gasteiger partial charge >= 0.3 is 5.97 Å². The number of carbonyl (C=O) groups is 1. The van der Waals surface area contributed by atoms with Gasteiger partial charge in [0.05, 0.1) is 13.2 Å². The molecule has 0 saturated heterocycles. The fourth-order valence-electron chi connectivity index (χ4n) is 1.89. The lowest BCUT2D eigenvalue weighted by atomic mass is 10.2. The van der Waals surface area contributed by atoms with Crippen molar-refractivity contribution >= 4 is 34.9 Å². The Morgan fingerprint density at radius 3 is 2.83 bits per heavy atom. The van der Waals surface area contributed by atoms with Gasteiger partial charge in [0.1, 0.15) is 17.7 Å². The molecule has 2 rings (SSSR count). The van der Waals surface area contributed by atoms with Crippen LogP contribution in [0.4, 0.5) is 17.3 Å². The highest BCUT2D eigenvalue weighted by molar-refractivity contribution is 6.30. The Kier molecular flexibility index (Phi) is 6.13. The number of esters is 1. The van der Waals surface area contributed by atoms with Crippen molar-refractivity contribution in [3.05, 3.63) is 41.2 Å². The Morgan fingerprint density at radius 1 is 1.35 bits per heavy atom. The molecule has 3 N–H and O–H groups in total. The Labute approximate surface area is 138 Å². The van der Waals surface area contributed by atoms with E-state index in [4.69, 9.17) is 21.4 Å². The van der Waals surface area contributed by atoms with E-state index < -0.39 is 5.97 Å². The molecule has 0 aliphatic heterocycles. The zero-order valence-electron chi connectivity index (χ0n) is 12.5. The molecule has 0 saturated carbocycles. The first-order valence-electron chi connectivity index (χ1n) is 7.05. The molecule has 0 aliphatic carbocycles. The molecule has 23 heavy (non-hydrogen) atoms. The van der Waals surface area contributed by atoms with Gasteiger partial charge in [-0.1, -0.05) is 17.7 Å². The molecule has 0 unspecified atom stereocenters. The number of benzene rings is 1. The summed E-state index contributed by atoms with van der Waals surface area (Å²) < 4.78 is 5.06. The van der Waals surface area contributed by atoms with Gasteiger partial charge in [0.2, 0.25) is 0 Å². The first-order valence-corrected chi connectivity index (χ1v) is 7.43. The third-order valence-corrected chi connectivity index (χ3v) is 3.05. The minimum absolute atomic E-state index is 0.0939. The van der Waals surface area contributed by atoms with Gasteiger partial charge in [0.15, 0.2) is 5.82 Å². The highest BCUT2D eigenvalue weighted by Gasteiger charge is 2.20. The Bertz CT molecular complexity index is 682. The molecule has 8 heteroatoms. The van der Waals surface area contributed by atoms with E-state index in [-0.39, 0.29) is 31.1 Å². The van der Waals surface area contributed by atoms with E-state index in [1.54, 1.807) is 31.2 Å². The normalized spacial score (nSPS) is 10.2. The molecular weight excluding hydrogens is 320 g/mol. The maximum absolute atomic E-state index is 12.2. The van der Waals surface area contributed by atoms with E-state index in [0.717, 1.165) is 0 Å². The second kappa shape index (κ2) is 8.30. The summed E-state index contributed by atoms with van der Waals surface area (Å²) in [4.78, 5) is 20.4. The van der Waals surface area contributed by atoms with Crippen molar-refractivity contribution in [1.82, 2.24) is 9.97 Å². The van der Waals surface area contributed by atoms with E-state index in [9.17, 15) is 4.79 Å². The quantitative estimate of drug-likeness (QED) is 0.668. The van der Waals surface area contributed by atoms with Crippen LogP contribution in [0.15, 0.2) is 30.6 Å². The average molecular weight is 337 g/mol. The lowest BCUT2D eigenvalue weighted by molar-refractivity contribution is 0.0528. The predicted molar refractivity (Wildman–Crippen MR) is 88.3 cm³/mol. The molecular formula is C15H17ClN4O3. The molecule has 1 aromatic heterocycles. The van der Waals surface area contributed by atoms with Crippen LogP contribution in [-0.4, -0.2) is 40.8 Å². The number of hydrogen-bond donors (Lipinski definition) is 3. The van der Waals surface area contributed by atoms with Gasteiger partial charge in [-0.15, -0.1) is 0 Å². The number of aliphatic hydroxyl groups excluding tert-OH is 1. The number of anilines is 3. The van der Waals surface area contributed by atoms with E-state index in [1.165, 1.54) is 6.33 Å². The van der Waals surface area contributed by atoms with Crippen molar-refractivity contribution in [1.29, 1.82) is 0 Å². The van der Waals surface area contributed by atoms with Crippen LogP contribution in [0, 0.1) is 0 Å². The van der Waals surface area contributed by atoms with Crippen molar-refractivity contribution in [2.45, 2.75) is 6.92 Å². The fourth-order valence-corrected chi connectivity index (χ4v) is 2.08. The summed E-state index contributed by atoms with van der Waals surface area (Å²) in [5.41, 5.74) is 0.845. The van der Waals surface area contributed by atoms with Crippen LogP contribution < -0.4 is 10.6 Å². The molecule has 2 aromatic rings. The average Bonchev–Trinajstić information content (AvgIpc) is 2.53. The number of nitrogens with zero attached hydrogens (tertiary/aromatic N) is 2. The van der Waals surface area contributed by atoms with Crippen molar-refractivity contribution in [2.24, 2.45) is 0 Å². The molecule has 1 aromatic carbocycles. The van der Waals surface area contributed by atoms with Crippen molar-refractivity contribution in [2.75, 3.05) is 30.4 Å². The third kappa shape index (κ3) is 4.54. The van der Waals surface area contributed by atoms with Crippen LogP contribution in [0.1, 0.15) is 17.3 Å². The minimum Gasteiger partial charge on any atom is -0.462 e. The summed E-state index contributed by atoms with van der Waals surface area (Å²) in [6, 6.07) is 7.02.